The van der Waals surface area contributed by atoms with Crippen molar-refractivity contribution in [1.82, 2.24) is 9.80 Å². The standard InChI is InChI=1S/C29H31N3O5S2/c1-3-36-27(34)21-11-7-13-31(16-21)24(33)15-22-18-39-29-30-19(2)25(26(32(22)29)23-12-8-14-38-23)28(35)37-17-20-9-5-4-6-10-20/h4-6,8-10,12,14,18,21,26H,3,7,11,13,15-17H2,1-2H3. The summed E-state index contributed by atoms with van der Waals surface area (Å²) in [7, 11) is 0. The first-order valence-corrected chi connectivity index (χ1v) is 14.9. The monoisotopic (exact) mass is 565 g/mol. The molecule has 0 N–H and O–H groups in total. The van der Waals surface area contributed by atoms with Gasteiger partial charge in [0.15, 0.2) is 5.17 Å². The smallest absolute Gasteiger partial charge is 0.338 e. The number of hydrogen-bond acceptors (Lipinski definition) is 9. The van der Waals surface area contributed by atoms with Gasteiger partial charge >= 0.3 is 11.9 Å². The number of benzene rings is 1. The van der Waals surface area contributed by atoms with Crippen LogP contribution in [0.4, 0.5) is 0 Å². The van der Waals surface area contributed by atoms with E-state index in [1.807, 2.05) is 65.1 Å². The molecule has 1 fully saturated rings. The van der Waals surface area contributed by atoms with Crippen molar-refractivity contribution in [2.45, 2.75) is 45.8 Å². The van der Waals surface area contributed by atoms with Gasteiger partial charge in [-0.15, -0.1) is 11.3 Å². The van der Waals surface area contributed by atoms with Crippen LogP contribution in [0.1, 0.15) is 49.6 Å². The van der Waals surface area contributed by atoms with Gasteiger partial charge in [-0.2, -0.15) is 0 Å². The second-order valence-corrected chi connectivity index (χ2v) is 11.4. The Morgan fingerprint density at radius 3 is 2.67 bits per heavy atom. The zero-order valence-corrected chi connectivity index (χ0v) is 23.6. The number of carbonyl (C=O) groups is 3. The summed E-state index contributed by atoms with van der Waals surface area (Å²) in [6.45, 7) is 5.09. The molecule has 5 rings (SSSR count). The molecule has 1 aromatic heterocycles. The van der Waals surface area contributed by atoms with Crippen LogP contribution in [0.25, 0.3) is 0 Å². The van der Waals surface area contributed by atoms with Crippen LogP contribution in [0.15, 0.2) is 75.2 Å². The van der Waals surface area contributed by atoms with Crippen molar-refractivity contribution in [2.24, 2.45) is 10.9 Å². The lowest BCUT2D eigenvalue weighted by Crippen LogP contribution is -2.44. The molecule has 3 aliphatic rings. The number of thioether (sulfide) groups is 1. The molecule has 2 atom stereocenters. The number of nitrogens with zero attached hydrogens (tertiary/aromatic N) is 3. The Balaban J connectivity index is 1.35. The molecule has 2 unspecified atom stereocenters. The number of ether oxygens (including phenoxy) is 2. The van der Waals surface area contributed by atoms with E-state index in [0.29, 0.717) is 31.0 Å². The fourth-order valence-corrected chi connectivity index (χ4v) is 6.86. The van der Waals surface area contributed by atoms with Crippen LogP contribution in [0.3, 0.4) is 0 Å². The van der Waals surface area contributed by atoms with Crippen molar-refractivity contribution in [1.29, 1.82) is 0 Å². The summed E-state index contributed by atoms with van der Waals surface area (Å²) >= 11 is 3.00. The van der Waals surface area contributed by atoms with Gasteiger partial charge in [-0.1, -0.05) is 48.2 Å². The molecule has 39 heavy (non-hydrogen) atoms. The number of fused-ring (bicyclic) bond motifs is 1. The van der Waals surface area contributed by atoms with Crippen LogP contribution in [0, 0.1) is 5.92 Å². The van der Waals surface area contributed by atoms with Crippen LogP contribution in [0.2, 0.25) is 0 Å². The van der Waals surface area contributed by atoms with E-state index in [1.165, 1.54) is 11.8 Å². The van der Waals surface area contributed by atoms with E-state index in [4.69, 9.17) is 14.5 Å². The lowest BCUT2D eigenvalue weighted by Gasteiger charge is -2.36. The maximum Gasteiger partial charge on any atom is 0.338 e. The van der Waals surface area contributed by atoms with Gasteiger partial charge in [-0.3, -0.25) is 9.59 Å². The number of aliphatic imine (C=N–C) groups is 1. The van der Waals surface area contributed by atoms with Gasteiger partial charge in [0.05, 0.1) is 30.2 Å². The summed E-state index contributed by atoms with van der Waals surface area (Å²) in [4.78, 5) is 48.7. The third-order valence-corrected chi connectivity index (χ3v) is 8.79. The average molecular weight is 566 g/mol. The van der Waals surface area contributed by atoms with Crippen molar-refractivity contribution in [3.8, 4) is 0 Å². The SMILES string of the molecule is CCOC(=O)C1CCCN(C(=O)CC2=CSC3=NC(C)=C(C(=O)OCc4ccccc4)C(c4cccs4)N23)C1. The van der Waals surface area contributed by atoms with Gasteiger partial charge in [0, 0.05) is 23.7 Å². The zero-order valence-electron chi connectivity index (χ0n) is 22.0. The third kappa shape index (κ3) is 5.96. The van der Waals surface area contributed by atoms with Crippen molar-refractivity contribution in [3.05, 3.63) is 80.7 Å². The number of rotatable bonds is 8. The minimum absolute atomic E-state index is 0.0542. The van der Waals surface area contributed by atoms with Crippen molar-refractivity contribution in [3.63, 3.8) is 0 Å². The average Bonchev–Trinajstić information content (AvgIpc) is 3.62. The molecule has 3 aliphatic heterocycles. The Hall–Kier alpha value is -3.37. The lowest BCUT2D eigenvalue weighted by molar-refractivity contribution is -0.151. The third-order valence-electron chi connectivity index (χ3n) is 6.97. The van der Waals surface area contributed by atoms with E-state index >= 15 is 0 Å². The summed E-state index contributed by atoms with van der Waals surface area (Å²) < 4.78 is 10.9. The molecule has 0 radical (unpaired) electrons. The summed E-state index contributed by atoms with van der Waals surface area (Å²) in [5.41, 5.74) is 2.77. The number of likely N-dealkylation sites (tertiary alicyclic amines) is 1. The molecule has 204 valence electrons. The molecule has 4 heterocycles. The summed E-state index contributed by atoms with van der Waals surface area (Å²) in [5.74, 6) is -1.01. The second kappa shape index (κ2) is 12.2. The van der Waals surface area contributed by atoms with Crippen molar-refractivity contribution < 1.29 is 23.9 Å². The summed E-state index contributed by atoms with van der Waals surface area (Å²) in [5, 5.41) is 4.65. The Bertz CT molecular complexity index is 1320. The highest BCUT2D eigenvalue weighted by molar-refractivity contribution is 8.16. The number of allylic oxidation sites excluding steroid dienone is 1. The number of thiophene rings is 1. The molecule has 0 spiro atoms. The highest BCUT2D eigenvalue weighted by atomic mass is 32.2. The number of hydrogen-bond donors (Lipinski definition) is 0. The second-order valence-electron chi connectivity index (χ2n) is 9.58. The minimum atomic E-state index is -0.441. The summed E-state index contributed by atoms with van der Waals surface area (Å²) in [6, 6.07) is 13.1. The molecular weight excluding hydrogens is 534 g/mol. The number of amidine groups is 1. The molecule has 0 saturated carbocycles. The van der Waals surface area contributed by atoms with Crippen LogP contribution >= 0.6 is 23.1 Å². The number of carbonyl (C=O) groups excluding carboxylic acids is 3. The Morgan fingerprint density at radius 1 is 1.10 bits per heavy atom. The number of esters is 2. The molecule has 0 aliphatic carbocycles. The van der Waals surface area contributed by atoms with E-state index in [0.717, 1.165) is 34.1 Å². The van der Waals surface area contributed by atoms with Gasteiger partial charge in [-0.05, 0) is 49.1 Å². The van der Waals surface area contributed by atoms with E-state index in [9.17, 15) is 14.4 Å². The first-order valence-electron chi connectivity index (χ1n) is 13.1. The van der Waals surface area contributed by atoms with E-state index in [-0.39, 0.29) is 30.8 Å². The van der Waals surface area contributed by atoms with Gasteiger partial charge < -0.3 is 19.3 Å². The maximum atomic E-state index is 13.5. The van der Waals surface area contributed by atoms with Crippen LogP contribution in [-0.4, -0.2) is 52.5 Å². The summed E-state index contributed by atoms with van der Waals surface area (Å²) in [6.07, 6.45) is 1.63. The molecule has 2 aromatic rings. The van der Waals surface area contributed by atoms with Crippen molar-refractivity contribution in [2.75, 3.05) is 19.7 Å². The van der Waals surface area contributed by atoms with E-state index in [2.05, 4.69) is 0 Å². The normalized spacial score (nSPS) is 20.8. The quantitative estimate of drug-likeness (QED) is 0.404. The van der Waals surface area contributed by atoms with Gasteiger partial charge in [0.1, 0.15) is 12.6 Å². The van der Waals surface area contributed by atoms with Crippen molar-refractivity contribution >= 4 is 46.1 Å². The van der Waals surface area contributed by atoms with Crippen LogP contribution in [0.5, 0.6) is 0 Å². The number of piperidine rings is 1. The molecule has 1 saturated heterocycles. The fourth-order valence-electron chi connectivity index (χ4n) is 5.07. The van der Waals surface area contributed by atoms with Crippen LogP contribution in [-0.2, 0) is 30.5 Å². The zero-order chi connectivity index (χ0) is 27.4. The Kier molecular flexibility index (Phi) is 8.52. The van der Waals surface area contributed by atoms with Gasteiger partial charge in [-0.25, -0.2) is 9.79 Å². The molecule has 1 amide bonds. The van der Waals surface area contributed by atoms with Crippen LogP contribution < -0.4 is 0 Å². The van der Waals surface area contributed by atoms with E-state index < -0.39 is 12.0 Å². The highest BCUT2D eigenvalue weighted by Gasteiger charge is 2.42. The maximum absolute atomic E-state index is 13.5. The lowest BCUT2D eigenvalue weighted by atomic mass is 9.97. The molecule has 8 nitrogen and oxygen atoms in total. The van der Waals surface area contributed by atoms with Gasteiger partial charge in [0.2, 0.25) is 5.91 Å². The fraction of sp³-hybridized carbons (Fsp3) is 0.379. The largest absolute Gasteiger partial charge is 0.466 e. The Morgan fingerprint density at radius 2 is 1.92 bits per heavy atom. The number of amides is 1. The predicted octanol–water partition coefficient (Wildman–Crippen LogP) is 5.26. The molecular formula is C29H31N3O5S2. The first-order chi connectivity index (χ1) is 19.0. The highest BCUT2D eigenvalue weighted by Crippen LogP contribution is 2.46. The van der Waals surface area contributed by atoms with E-state index in [1.54, 1.807) is 23.2 Å². The first kappa shape index (κ1) is 27.2. The molecule has 10 heteroatoms. The molecule has 0 bridgehead atoms. The predicted molar refractivity (Wildman–Crippen MR) is 151 cm³/mol. The van der Waals surface area contributed by atoms with Gasteiger partial charge in [0.25, 0.3) is 0 Å². The molecule has 1 aromatic carbocycles. The Labute approximate surface area is 236 Å². The minimum Gasteiger partial charge on any atom is -0.466 e. The topological polar surface area (TPSA) is 88.5 Å².